The number of anilines is 1. The summed E-state index contributed by atoms with van der Waals surface area (Å²) in [5.41, 5.74) is 1.62. The molecule has 2 aliphatic heterocycles. The Bertz CT molecular complexity index is 756. The van der Waals surface area contributed by atoms with E-state index in [1.165, 1.54) is 12.8 Å². The number of hydrogen-bond acceptors (Lipinski definition) is 4. The standard InChI is InChI=1S/C24H39FN6/c1-4-26-24(28-20-14-18(3)31(17-20)21-7-8-21)27-16-19-6-9-23(22(25)15-19)30-12-10-29(5-2)11-13-30/h6,9,15,18,20-21H,4-5,7-8,10-14,16-17H2,1-3H3,(H2,26,27,28). The summed E-state index contributed by atoms with van der Waals surface area (Å²) in [4.78, 5) is 11.9. The Morgan fingerprint density at radius 1 is 1.16 bits per heavy atom. The van der Waals surface area contributed by atoms with Gasteiger partial charge < -0.3 is 20.4 Å². The maximum absolute atomic E-state index is 14.8. The van der Waals surface area contributed by atoms with Crippen molar-refractivity contribution in [3.63, 3.8) is 0 Å². The second kappa shape index (κ2) is 10.2. The van der Waals surface area contributed by atoms with Crippen molar-refractivity contribution >= 4 is 11.6 Å². The number of piperazine rings is 1. The van der Waals surface area contributed by atoms with Crippen molar-refractivity contribution < 1.29 is 4.39 Å². The van der Waals surface area contributed by atoms with Gasteiger partial charge in [0.25, 0.3) is 0 Å². The predicted octanol–water partition coefficient (Wildman–Crippen LogP) is 2.65. The first-order chi connectivity index (χ1) is 15.1. The van der Waals surface area contributed by atoms with Gasteiger partial charge in [0.1, 0.15) is 5.82 Å². The second-order valence-corrected chi connectivity index (χ2v) is 9.26. The molecule has 31 heavy (non-hydrogen) atoms. The van der Waals surface area contributed by atoms with Crippen molar-refractivity contribution in [2.75, 3.05) is 50.7 Å². The summed E-state index contributed by atoms with van der Waals surface area (Å²) in [5, 5.41) is 6.96. The number of rotatable bonds is 7. The van der Waals surface area contributed by atoms with Crippen LogP contribution in [-0.4, -0.2) is 79.7 Å². The first-order valence-electron chi connectivity index (χ1n) is 12.1. The van der Waals surface area contributed by atoms with E-state index in [1.54, 1.807) is 6.07 Å². The summed E-state index contributed by atoms with van der Waals surface area (Å²) >= 11 is 0. The third-order valence-corrected chi connectivity index (χ3v) is 6.92. The summed E-state index contributed by atoms with van der Waals surface area (Å²) in [6, 6.07) is 7.45. The van der Waals surface area contributed by atoms with Gasteiger partial charge in [-0.05, 0) is 57.4 Å². The summed E-state index contributed by atoms with van der Waals surface area (Å²) in [7, 11) is 0. The molecule has 1 saturated carbocycles. The highest BCUT2D eigenvalue weighted by atomic mass is 19.1. The maximum atomic E-state index is 14.8. The summed E-state index contributed by atoms with van der Waals surface area (Å²) in [5.74, 6) is 0.692. The predicted molar refractivity (Wildman–Crippen MR) is 126 cm³/mol. The molecule has 7 heteroatoms. The molecule has 0 amide bonds. The lowest BCUT2D eigenvalue weighted by molar-refractivity contribution is 0.256. The Balaban J connectivity index is 1.35. The Morgan fingerprint density at radius 3 is 2.58 bits per heavy atom. The van der Waals surface area contributed by atoms with Crippen LogP contribution < -0.4 is 15.5 Å². The molecule has 6 nitrogen and oxygen atoms in total. The molecule has 0 aromatic heterocycles. The largest absolute Gasteiger partial charge is 0.367 e. The molecular formula is C24H39FN6. The molecule has 1 aliphatic carbocycles. The van der Waals surface area contributed by atoms with Gasteiger partial charge in [-0.2, -0.15) is 0 Å². The topological polar surface area (TPSA) is 46.1 Å². The number of hydrogen-bond donors (Lipinski definition) is 2. The fourth-order valence-corrected chi connectivity index (χ4v) is 4.97. The molecular weight excluding hydrogens is 391 g/mol. The molecule has 0 radical (unpaired) electrons. The van der Waals surface area contributed by atoms with Gasteiger partial charge in [0.15, 0.2) is 5.96 Å². The van der Waals surface area contributed by atoms with Crippen LogP contribution in [0.2, 0.25) is 0 Å². The van der Waals surface area contributed by atoms with Crippen molar-refractivity contribution in [3.8, 4) is 0 Å². The van der Waals surface area contributed by atoms with Crippen LogP contribution >= 0.6 is 0 Å². The maximum Gasteiger partial charge on any atom is 0.191 e. The molecule has 1 aromatic rings. The fraction of sp³-hybridized carbons (Fsp3) is 0.708. The van der Waals surface area contributed by atoms with E-state index < -0.39 is 0 Å². The molecule has 3 fully saturated rings. The van der Waals surface area contributed by atoms with Crippen LogP contribution in [0.5, 0.6) is 0 Å². The third kappa shape index (κ3) is 5.69. The van der Waals surface area contributed by atoms with Crippen molar-refractivity contribution in [1.29, 1.82) is 0 Å². The first kappa shape index (κ1) is 22.3. The van der Waals surface area contributed by atoms with Crippen LogP contribution in [0.4, 0.5) is 10.1 Å². The number of benzene rings is 1. The van der Waals surface area contributed by atoms with E-state index in [2.05, 4.69) is 46.1 Å². The van der Waals surface area contributed by atoms with E-state index >= 15 is 0 Å². The zero-order valence-electron chi connectivity index (χ0n) is 19.4. The minimum absolute atomic E-state index is 0.139. The molecule has 2 unspecified atom stereocenters. The monoisotopic (exact) mass is 430 g/mol. The van der Waals surface area contributed by atoms with Gasteiger partial charge in [0, 0.05) is 57.4 Å². The molecule has 2 saturated heterocycles. The van der Waals surface area contributed by atoms with Gasteiger partial charge >= 0.3 is 0 Å². The smallest absolute Gasteiger partial charge is 0.191 e. The van der Waals surface area contributed by atoms with E-state index in [0.29, 0.717) is 24.3 Å². The lowest BCUT2D eigenvalue weighted by atomic mass is 10.1. The van der Waals surface area contributed by atoms with Gasteiger partial charge in [0.2, 0.25) is 0 Å². The number of aliphatic imine (C=N–C) groups is 1. The fourth-order valence-electron chi connectivity index (χ4n) is 4.97. The van der Waals surface area contributed by atoms with Crippen LogP contribution in [0.15, 0.2) is 23.2 Å². The van der Waals surface area contributed by atoms with Gasteiger partial charge in [-0.1, -0.05) is 13.0 Å². The van der Waals surface area contributed by atoms with E-state index in [-0.39, 0.29) is 5.82 Å². The van der Waals surface area contributed by atoms with E-state index in [0.717, 1.165) is 69.8 Å². The molecule has 4 rings (SSSR count). The molecule has 172 valence electrons. The van der Waals surface area contributed by atoms with E-state index in [4.69, 9.17) is 4.99 Å². The average molecular weight is 431 g/mol. The first-order valence-corrected chi connectivity index (χ1v) is 12.1. The Kier molecular flexibility index (Phi) is 7.33. The van der Waals surface area contributed by atoms with E-state index in [1.807, 2.05) is 12.1 Å². The second-order valence-electron chi connectivity index (χ2n) is 9.26. The highest BCUT2D eigenvalue weighted by Gasteiger charge is 2.38. The van der Waals surface area contributed by atoms with Crippen LogP contribution in [0.25, 0.3) is 0 Å². The molecule has 3 aliphatic rings. The minimum Gasteiger partial charge on any atom is -0.367 e. The number of guanidine groups is 1. The number of likely N-dealkylation sites (tertiary alicyclic amines) is 1. The van der Waals surface area contributed by atoms with Crippen molar-refractivity contribution in [2.45, 2.75) is 64.7 Å². The Labute approximate surface area is 186 Å². The van der Waals surface area contributed by atoms with Gasteiger partial charge in [0.05, 0.1) is 12.2 Å². The molecule has 2 N–H and O–H groups in total. The Morgan fingerprint density at radius 2 is 1.94 bits per heavy atom. The summed E-state index contributed by atoms with van der Waals surface area (Å²) in [6.45, 7) is 13.8. The number of likely N-dealkylation sites (N-methyl/N-ethyl adjacent to an activating group) is 1. The third-order valence-electron chi connectivity index (χ3n) is 6.92. The average Bonchev–Trinajstić information content (AvgIpc) is 3.55. The minimum atomic E-state index is -0.139. The highest BCUT2D eigenvalue weighted by molar-refractivity contribution is 5.80. The highest BCUT2D eigenvalue weighted by Crippen LogP contribution is 2.33. The lowest BCUT2D eigenvalue weighted by Gasteiger charge is -2.35. The SMILES string of the molecule is CCNC(=NCc1ccc(N2CCN(CC)CC2)c(F)c1)NC1CC(C)N(C2CC2)C1. The van der Waals surface area contributed by atoms with Crippen molar-refractivity contribution in [2.24, 2.45) is 4.99 Å². The van der Waals surface area contributed by atoms with Crippen LogP contribution in [0, 0.1) is 5.82 Å². The molecule has 2 heterocycles. The zero-order chi connectivity index (χ0) is 21.8. The summed E-state index contributed by atoms with van der Waals surface area (Å²) < 4.78 is 14.8. The summed E-state index contributed by atoms with van der Waals surface area (Å²) in [6.07, 6.45) is 3.84. The van der Waals surface area contributed by atoms with Gasteiger partial charge in [-0.3, -0.25) is 4.90 Å². The lowest BCUT2D eigenvalue weighted by Crippen LogP contribution is -2.46. The number of nitrogens with zero attached hydrogens (tertiary/aromatic N) is 4. The van der Waals surface area contributed by atoms with Crippen LogP contribution in [0.1, 0.15) is 45.6 Å². The van der Waals surface area contributed by atoms with Crippen molar-refractivity contribution in [3.05, 3.63) is 29.6 Å². The Hall–Kier alpha value is -1.86. The normalized spacial score (nSPS) is 25.8. The zero-order valence-corrected chi connectivity index (χ0v) is 19.4. The van der Waals surface area contributed by atoms with Gasteiger partial charge in [-0.15, -0.1) is 0 Å². The molecule has 0 spiro atoms. The molecule has 0 bridgehead atoms. The molecule has 2 atom stereocenters. The van der Waals surface area contributed by atoms with Crippen molar-refractivity contribution in [1.82, 2.24) is 20.4 Å². The molecule has 1 aromatic carbocycles. The number of nitrogens with one attached hydrogen (secondary N) is 2. The van der Waals surface area contributed by atoms with Crippen LogP contribution in [-0.2, 0) is 6.54 Å². The van der Waals surface area contributed by atoms with Crippen LogP contribution in [0.3, 0.4) is 0 Å². The quantitative estimate of drug-likeness (QED) is 0.514. The van der Waals surface area contributed by atoms with Gasteiger partial charge in [-0.25, -0.2) is 9.38 Å². The van der Waals surface area contributed by atoms with E-state index in [9.17, 15) is 4.39 Å². The number of halogens is 1.